The summed E-state index contributed by atoms with van der Waals surface area (Å²) in [7, 11) is 1.82. The number of nitrogens with one attached hydrogen (secondary N) is 16. The van der Waals surface area contributed by atoms with Gasteiger partial charge in [-0.25, -0.2) is 0 Å². The van der Waals surface area contributed by atoms with Crippen LogP contribution in [0.15, 0.2) is 40.6 Å². The Kier molecular flexibility index (Phi) is 50.4. The fourth-order valence-electron chi connectivity index (χ4n) is 11.2. The second-order valence-electron chi connectivity index (χ2n) is 28.7. The molecule has 7 atom stereocenters. The van der Waals surface area contributed by atoms with E-state index in [2.05, 4.69) is 90.1 Å². The smallest absolute Gasteiger partial charge is 0.305 e. The first-order valence-electron chi connectivity index (χ1n) is 38.8. The third kappa shape index (κ3) is 45.4. The minimum absolute atomic E-state index is 0.0317. The van der Waals surface area contributed by atoms with Crippen molar-refractivity contribution in [2.45, 2.75) is 185 Å². The van der Waals surface area contributed by atoms with Crippen LogP contribution in [0.1, 0.15) is 131 Å². The van der Waals surface area contributed by atoms with Crippen molar-refractivity contribution in [1.82, 2.24) is 79.8 Å². The molecule has 1 aromatic rings. The fraction of sp³-hybridized carbons (Fsp3) is 0.685. The number of benzene rings is 1. The van der Waals surface area contributed by atoms with Gasteiger partial charge in [-0.2, -0.15) is 0 Å². The summed E-state index contributed by atoms with van der Waals surface area (Å²) < 4.78 is 21.5. The van der Waals surface area contributed by atoms with Crippen LogP contribution in [0.5, 0.6) is 0 Å². The molecule has 0 radical (unpaired) electrons. The van der Waals surface area contributed by atoms with Crippen molar-refractivity contribution in [3.8, 4) is 0 Å². The van der Waals surface area contributed by atoms with E-state index in [0.717, 1.165) is 46.2 Å². The molecule has 2 aliphatic heterocycles. The number of fused-ring (bicyclic) bond motifs is 5. The summed E-state index contributed by atoms with van der Waals surface area (Å²) in [5.74, 6) is -13.1. The minimum Gasteiger partial charge on any atom is -0.481 e. The number of hydrogen-bond acceptors (Lipinski definition) is 28. The number of hydrogen-bond donors (Lipinski definition) is 21. The number of nitrogens with zero attached hydrogens (tertiary/aromatic N) is 2. The molecule has 2 fully saturated rings. The van der Waals surface area contributed by atoms with Crippen LogP contribution < -0.4 is 91.2 Å². The van der Waals surface area contributed by atoms with Gasteiger partial charge in [0.15, 0.2) is 5.96 Å². The van der Waals surface area contributed by atoms with Crippen LogP contribution in [-0.4, -0.2) is 297 Å². The summed E-state index contributed by atoms with van der Waals surface area (Å²) in [5, 5.41) is 84.1. The quantitative estimate of drug-likeness (QED) is 0.00755. The lowest BCUT2D eigenvalue weighted by atomic mass is 9.94. The van der Waals surface area contributed by atoms with Crippen LogP contribution >= 0.6 is 33.3 Å². The number of nitrogens with two attached hydrogens (primary N) is 2. The molecule has 0 aromatic heterocycles. The Morgan fingerprint density at radius 1 is 0.530 bits per heavy atom. The molecule has 2 aliphatic rings. The number of carbonyl (C=O) groups is 14. The van der Waals surface area contributed by atoms with Gasteiger partial charge < -0.3 is 126 Å². The van der Waals surface area contributed by atoms with E-state index in [1.165, 1.54) is 0 Å². The van der Waals surface area contributed by atoms with Gasteiger partial charge in [0.25, 0.3) is 0 Å². The molecule has 0 unspecified atom stereocenters. The maximum Gasteiger partial charge on any atom is 0.305 e. The van der Waals surface area contributed by atoms with E-state index < -0.39 is 150 Å². The Morgan fingerprint density at radius 2 is 1.03 bits per heavy atom. The molecule has 2 bridgehead atoms. The summed E-state index contributed by atoms with van der Waals surface area (Å²) in [4.78, 5) is 190. The average molecular weight is 1710 g/mol. The molecule has 0 saturated carbocycles. The highest BCUT2D eigenvalue weighted by molar-refractivity contribution is 8.76. The van der Waals surface area contributed by atoms with Crippen LogP contribution in [0.2, 0.25) is 0 Å². The van der Waals surface area contributed by atoms with Gasteiger partial charge in [-0.3, -0.25) is 72.5 Å². The van der Waals surface area contributed by atoms with Crippen molar-refractivity contribution in [2.24, 2.45) is 27.7 Å². The summed E-state index contributed by atoms with van der Waals surface area (Å²) in [6.07, 6.45) is 2.40. The monoisotopic (exact) mass is 1710 g/mol. The van der Waals surface area contributed by atoms with Gasteiger partial charge in [-0.05, 0) is 117 Å². The maximum absolute atomic E-state index is 14.7. The lowest BCUT2D eigenvalue weighted by Gasteiger charge is -2.28. The Balaban J connectivity index is 1.88. The topological polar surface area (TPSA) is 618 Å². The van der Waals surface area contributed by atoms with Gasteiger partial charge in [-0.15, -0.1) is 11.8 Å². The van der Waals surface area contributed by atoms with Gasteiger partial charge in [-0.1, -0.05) is 75.1 Å². The second-order valence-corrected chi connectivity index (χ2v) is 32.2. The van der Waals surface area contributed by atoms with Gasteiger partial charge in [0.1, 0.15) is 55.5 Å². The third-order valence-corrected chi connectivity index (χ3v) is 21.9. The zero-order valence-electron chi connectivity index (χ0n) is 67.5. The Bertz CT molecular complexity index is 3390. The Morgan fingerprint density at radius 3 is 1.61 bits per heavy atom. The molecular weight excluding hydrogens is 1590 g/mol. The number of guanidine groups is 1. The maximum atomic E-state index is 14.7. The molecular formula is C73H122N20O21S3. The average Bonchev–Trinajstić information content (AvgIpc) is 1.75. The Hall–Kier alpha value is -9.18. The molecule has 2 saturated heterocycles. The molecule has 44 heteroatoms. The summed E-state index contributed by atoms with van der Waals surface area (Å²) in [6.45, 7) is 12.2. The fourth-order valence-corrected chi connectivity index (χ4v) is 14.3. The van der Waals surface area contributed by atoms with Crippen molar-refractivity contribution in [2.75, 3.05) is 128 Å². The zero-order chi connectivity index (χ0) is 86.6. The molecule has 117 heavy (non-hydrogen) atoms. The lowest BCUT2D eigenvalue weighted by Crippen LogP contribution is -2.60. The van der Waals surface area contributed by atoms with E-state index in [-0.39, 0.29) is 165 Å². The first-order valence-corrected chi connectivity index (χ1v) is 42.5. The van der Waals surface area contributed by atoms with Crippen molar-refractivity contribution < 1.29 is 102 Å². The molecule has 1 aromatic carbocycles. The van der Waals surface area contributed by atoms with E-state index >= 15 is 0 Å². The van der Waals surface area contributed by atoms with E-state index in [1.54, 1.807) is 44.2 Å². The first-order chi connectivity index (χ1) is 55.7. The van der Waals surface area contributed by atoms with Gasteiger partial charge in [0.2, 0.25) is 76.8 Å². The van der Waals surface area contributed by atoms with Crippen LogP contribution in [0.3, 0.4) is 0 Å². The molecule has 23 N–H and O–H groups in total. The SMILES string of the molecule is CC(=NO)C(C)(C)NCCC(CCNC(=O)CCCC(=O)NCCCCC[C@@H]1NC(=O)CSC[C@H](C(=O)NCCOCCOCCOCCNC(=O)COCC(N)=O)NC(=O)[C@H](Cc2ccccc2)NC(=O)[C@@H]2CSSC[C@H](NC1=O)C(=O)N[C@@H](CCCNC(=N)N)C(=O)NCC(=O)N[C@@H](CC(=O)O)C(=O)N2)CCNC(C)(C)C(C)=NO. The molecule has 13 amide bonds. The second kappa shape index (κ2) is 57.8. The lowest BCUT2D eigenvalue weighted by molar-refractivity contribution is -0.141. The first kappa shape index (κ1) is 102. The number of aliphatic carboxylic acids is 1. The number of unbranched alkanes of at least 4 members (excludes halogenated alkanes) is 2. The number of primary amides is 1. The number of oxime groups is 2. The van der Waals surface area contributed by atoms with Crippen LogP contribution in [0.4, 0.5) is 0 Å². The number of amides is 13. The number of carboxylic acids is 1. The standard InChI is InChI=1S/C73H122N20O21S3/c1-46(92-109)72(3,4)83-27-22-48(23-28-84-73(5,6)47(2)93-110)21-26-78-59(96)20-13-19-58(95)77-24-12-8-11-17-51-66(104)90-55-43-116-117-44-56(91-68(106)53(38-63(100)101)86-60(97)39-82-64(102)50(87-69(55)107)18-14-25-81-71(75)76)70(108)88-52(37-49-15-9-7-10-16-49)67(105)89-54(42-115-45-62(99)85-51)65(103)80-30-32-112-34-36-113-35-33-111-31-29-79-61(98)41-114-40-57(74)94/h7,9-10,15-16,48,50-56,83-84,109-110H,8,11-14,17-45H2,1-6H3,(H2,74,94)(H,77,95)(H,78,96)(H,79,98)(H,80,103)(H,82,102)(H,85,99)(H,86,97)(H,87,107)(H,88,108)(H,89,105)(H,90,104)(H,91,106)(H,100,101)(H4,75,76,81)/t48?,50-,51-,52-,53-,54+,55-,56-/m0/s1. The predicted molar refractivity (Wildman–Crippen MR) is 438 cm³/mol. The number of ether oxygens (including phenoxy) is 4. The number of carbonyl (C=O) groups excluding carboxylic acids is 13. The van der Waals surface area contributed by atoms with E-state index in [4.69, 9.17) is 35.8 Å². The van der Waals surface area contributed by atoms with E-state index in [9.17, 15) is 82.6 Å². The zero-order valence-corrected chi connectivity index (χ0v) is 70.0. The van der Waals surface area contributed by atoms with Crippen LogP contribution in [0, 0.1) is 11.3 Å². The Labute approximate surface area is 693 Å². The molecule has 3 rings (SSSR count). The third-order valence-electron chi connectivity index (χ3n) is 18.5. The highest BCUT2D eigenvalue weighted by Gasteiger charge is 2.36. The summed E-state index contributed by atoms with van der Waals surface area (Å²) in [5.41, 5.74) is 11.0. The van der Waals surface area contributed by atoms with Gasteiger partial charge >= 0.3 is 5.97 Å². The van der Waals surface area contributed by atoms with E-state index in [1.807, 2.05) is 27.7 Å². The number of rotatable bonds is 48. The van der Waals surface area contributed by atoms with Gasteiger partial charge in [0, 0.05) is 69.2 Å². The summed E-state index contributed by atoms with van der Waals surface area (Å²) in [6, 6.07) is -2.28. The highest BCUT2D eigenvalue weighted by atomic mass is 33.1. The van der Waals surface area contributed by atoms with Crippen LogP contribution in [0.25, 0.3) is 0 Å². The van der Waals surface area contributed by atoms with Crippen LogP contribution in [-0.2, 0) is 92.5 Å². The van der Waals surface area contributed by atoms with E-state index in [0.29, 0.717) is 55.9 Å². The minimum atomic E-state index is -1.84. The van der Waals surface area contributed by atoms with Crippen molar-refractivity contribution >= 4 is 133 Å². The van der Waals surface area contributed by atoms with Gasteiger partial charge in [0.05, 0.1) is 80.9 Å². The largest absolute Gasteiger partial charge is 0.481 e. The highest BCUT2D eigenvalue weighted by Crippen LogP contribution is 2.25. The van der Waals surface area contributed by atoms with Crippen molar-refractivity contribution in [3.63, 3.8) is 0 Å². The normalized spacial score (nSPS) is 19.8. The van der Waals surface area contributed by atoms with Crippen molar-refractivity contribution in [3.05, 3.63) is 35.9 Å². The number of carboxylic acid groups (broad SMARTS) is 1. The number of thioether (sulfide) groups is 1. The van der Waals surface area contributed by atoms with Crippen molar-refractivity contribution in [1.29, 1.82) is 5.41 Å². The molecule has 2 heterocycles. The molecule has 0 spiro atoms. The predicted octanol–water partition coefficient (Wildman–Crippen LogP) is -3.41. The summed E-state index contributed by atoms with van der Waals surface area (Å²) >= 11 is 0.893. The molecule has 0 aliphatic carbocycles. The molecule has 658 valence electrons. The molecule has 41 nitrogen and oxygen atoms in total.